The van der Waals surface area contributed by atoms with E-state index in [1.165, 1.54) is 0 Å². The molecule has 1 aromatic carbocycles. The van der Waals surface area contributed by atoms with Gasteiger partial charge in [-0.1, -0.05) is 10.3 Å². The highest BCUT2D eigenvalue weighted by Gasteiger charge is 2.62. The number of morpholine rings is 1. The Morgan fingerprint density at radius 2 is 1.97 bits per heavy atom. The number of nitrogens with zero attached hydrogens (tertiary/aromatic N) is 3. The summed E-state index contributed by atoms with van der Waals surface area (Å²) in [4.78, 5) is 40.3. The van der Waals surface area contributed by atoms with Gasteiger partial charge < -0.3 is 18.7 Å². The standard InChI is InChI=1S/C23H21FN4O6/c1-9-4-14(26-33-9)18-13-5-12-7-23(15(29)6-16(30)25-22(23)31)21-11(3)32-10(2)8-28(21)19(12)17(24)20(13)34-27-18/h4-5,10-11,21H,6-8H2,1-3H3,(H,25,30,31)/t10-,11+,21-,23?/m1/s1. The van der Waals surface area contributed by atoms with Crippen LogP contribution in [0.3, 0.4) is 0 Å². The number of hydrogen-bond donors (Lipinski definition) is 1. The van der Waals surface area contributed by atoms with Crippen molar-refractivity contribution in [3.8, 4) is 11.4 Å². The molecule has 2 saturated heterocycles. The van der Waals surface area contributed by atoms with Crippen molar-refractivity contribution in [1.29, 1.82) is 0 Å². The quantitative estimate of drug-likeness (QED) is 0.422. The molecule has 11 heteroatoms. The van der Waals surface area contributed by atoms with Crippen LogP contribution in [0.5, 0.6) is 0 Å². The number of halogens is 1. The predicted molar refractivity (Wildman–Crippen MR) is 114 cm³/mol. The molecule has 2 fully saturated rings. The number of ketones is 1. The van der Waals surface area contributed by atoms with Gasteiger partial charge in [-0.05, 0) is 38.8 Å². The molecule has 6 rings (SSSR count). The van der Waals surface area contributed by atoms with Crippen molar-refractivity contribution >= 4 is 34.3 Å². The van der Waals surface area contributed by atoms with Crippen molar-refractivity contribution in [2.24, 2.45) is 5.41 Å². The van der Waals surface area contributed by atoms with Gasteiger partial charge in [0.1, 0.15) is 22.6 Å². The lowest BCUT2D eigenvalue weighted by Gasteiger charge is -2.55. The van der Waals surface area contributed by atoms with Crippen molar-refractivity contribution < 1.29 is 32.6 Å². The minimum Gasteiger partial charge on any atom is -0.372 e. The molecule has 1 spiro atoms. The Morgan fingerprint density at radius 1 is 1.18 bits per heavy atom. The number of hydrogen-bond acceptors (Lipinski definition) is 9. The first-order valence-corrected chi connectivity index (χ1v) is 11.0. The molecule has 1 unspecified atom stereocenters. The third-order valence-electron chi connectivity index (χ3n) is 7.05. The number of benzene rings is 1. The largest absolute Gasteiger partial charge is 0.372 e. The molecule has 4 atom stereocenters. The Balaban J connectivity index is 1.60. The van der Waals surface area contributed by atoms with Gasteiger partial charge in [-0.2, -0.15) is 0 Å². The second-order valence-corrected chi connectivity index (χ2v) is 9.30. The second kappa shape index (κ2) is 6.95. The Labute approximate surface area is 192 Å². The average molecular weight is 468 g/mol. The fourth-order valence-corrected chi connectivity index (χ4v) is 5.81. The zero-order valence-electron chi connectivity index (χ0n) is 18.7. The normalized spacial score (nSPS) is 28.9. The monoisotopic (exact) mass is 468 g/mol. The van der Waals surface area contributed by atoms with Crippen LogP contribution in [0.2, 0.25) is 0 Å². The minimum atomic E-state index is -1.59. The molecule has 3 aliphatic rings. The van der Waals surface area contributed by atoms with E-state index in [1.807, 2.05) is 6.92 Å². The van der Waals surface area contributed by atoms with Gasteiger partial charge in [-0.15, -0.1) is 0 Å². The molecule has 3 aliphatic heterocycles. The van der Waals surface area contributed by atoms with Crippen molar-refractivity contribution in [3.63, 3.8) is 0 Å². The number of imide groups is 1. The Hall–Kier alpha value is -3.60. The third kappa shape index (κ3) is 2.67. The summed E-state index contributed by atoms with van der Waals surface area (Å²) in [6.07, 6.45) is -1.36. The van der Waals surface area contributed by atoms with E-state index in [9.17, 15) is 14.4 Å². The van der Waals surface area contributed by atoms with Gasteiger partial charge in [0.25, 0.3) is 0 Å². The van der Waals surface area contributed by atoms with Gasteiger partial charge >= 0.3 is 0 Å². The molecule has 2 aromatic heterocycles. The highest BCUT2D eigenvalue weighted by Crippen LogP contribution is 2.50. The van der Waals surface area contributed by atoms with Gasteiger partial charge in [-0.3, -0.25) is 19.7 Å². The topological polar surface area (TPSA) is 128 Å². The number of piperidine rings is 1. The van der Waals surface area contributed by atoms with Gasteiger partial charge in [0.2, 0.25) is 17.4 Å². The fraction of sp³-hybridized carbons (Fsp3) is 0.435. The summed E-state index contributed by atoms with van der Waals surface area (Å²) < 4.78 is 32.5. The average Bonchev–Trinajstić information content (AvgIpc) is 3.37. The molecule has 0 aliphatic carbocycles. The van der Waals surface area contributed by atoms with E-state index in [0.29, 0.717) is 28.1 Å². The Morgan fingerprint density at radius 3 is 2.68 bits per heavy atom. The molecule has 0 saturated carbocycles. The first-order chi connectivity index (χ1) is 16.2. The fourth-order valence-electron chi connectivity index (χ4n) is 5.81. The Bertz CT molecular complexity index is 1370. The van der Waals surface area contributed by atoms with Crippen molar-refractivity contribution in [2.45, 2.75) is 51.9 Å². The maximum Gasteiger partial charge on any atom is 0.242 e. The first-order valence-electron chi connectivity index (χ1n) is 11.0. The molecule has 2 amide bonds. The number of rotatable bonds is 1. The zero-order valence-corrected chi connectivity index (χ0v) is 18.7. The van der Waals surface area contributed by atoms with E-state index in [-0.39, 0.29) is 30.3 Å². The molecule has 176 valence electrons. The number of aryl methyl sites for hydroxylation is 1. The van der Waals surface area contributed by atoms with Crippen LogP contribution in [0.25, 0.3) is 22.4 Å². The molecule has 1 N–H and O–H groups in total. The summed E-state index contributed by atoms with van der Waals surface area (Å²) in [6, 6.07) is 2.55. The van der Waals surface area contributed by atoms with Crippen molar-refractivity contribution in [2.75, 3.05) is 11.4 Å². The van der Waals surface area contributed by atoms with Gasteiger partial charge in [0.15, 0.2) is 11.6 Å². The predicted octanol–water partition coefficient (Wildman–Crippen LogP) is 2.07. The van der Waals surface area contributed by atoms with E-state index >= 15 is 4.39 Å². The highest BCUT2D eigenvalue weighted by molar-refractivity contribution is 6.22. The first kappa shape index (κ1) is 21.0. The smallest absolute Gasteiger partial charge is 0.242 e. The van der Waals surface area contributed by atoms with Crippen molar-refractivity contribution in [1.82, 2.24) is 15.6 Å². The number of fused-ring (bicyclic) bond motifs is 5. The molecular weight excluding hydrogens is 447 g/mol. The van der Waals surface area contributed by atoms with Gasteiger partial charge in [-0.25, -0.2) is 4.39 Å². The molecular formula is C23H21FN4O6. The van der Waals surface area contributed by atoms with Crippen LogP contribution in [0.1, 0.15) is 31.6 Å². The Kier molecular flexibility index (Phi) is 4.29. The molecule has 0 radical (unpaired) electrons. The lowest BCUT2D eigenvalue weighted by atomic mass is 9.63. The highest BCUT2D eigenvalue weighted by atomic mass is 19.1. The number of carbonyl (C=O) groups excluding carboxylic acids is 3. The number of Topliss-reactive ketones (excluding diaryl/α,β-unsaturated/α-hetero) is 1. The van der Waals surface area contributed by atoms with E-state index in [2.05, 4.69) is 15.6 Å². The van der Waals surface area contributed by atoms with Gasteiger partial charge in [0, 0.05) is 12.6 Å². The van der Waals surface area contributed by atoms with Crippen LogP contribution >= 0.6 is 0 Å². The molecule has 34 heavy (non-hydrogen) atoms. The second-order valence-electron chi connectivity index (χ2n) is 9.30. The lowest BCUT2D eigenvalue weighted by Crippen LogP contribution is -2.72. The van der Waals surface area contributed by atoms with Crippen LogP contribution in [-0.4, -0.2) is 52.7 Å². The summed E-state index contributed by atoms with van der Waals surface area (Å²) in [6.45, 7) is 5.58. The number of aromatic nitrogens is 2. The molecule has 0 bridgehead atoms. The van der Waals surface area contributed by atoms with E-state index in [0.717, 1.165) is 0 Å². The molecule has 10 nitrogen and oxygen atoms in total. The molecule has 5 heterocycles. The number of nitrogens with one attached hydrogen (secondary N) is 1. The van der Waals surface area contributed by atoms with Crippen LogP contribution in [0.15, 0.2) is 21.2 Å². The summed E-state index contributed by atoms with van der Waals surface area (Å²) >= 11 is 0. The summed E-state index contributed by atoms with van der Waals surface area (Å²) in [5, 5.41) is 10.6. The van der Waals surface area contributed by atoms with Crippen LogP contribution in [0, 0.1) is 18.2 Å². The maximum absolute atomic E-state index is 16.0. The van der Waals surface area contributed by atoms with Crippen LogP contribution in [0.4, 0.5) is 10.1 Å². The van der Waals surface area contributed by atoms with Crippen LogP contribution in [-0.2, 0) is 25.5 Å². The van der Waals surface area contributed by atoms with Gasteiger partial charge in [0.05, 0.1) is 35.7 Å². The summed E-state index contributed by atoms with van der Waals surface area (Å²) in [5.41, 5.74) is -0.271. The minimum absolute atomic E-state index is 0.0505. The summed E-state index contributed by atoms with van der Waals surface area (Å²) in [5.74, 6) is -1.90. The summed E-state index contributed by atoms with van der Waals surface area (Å²) in [7, 11) is 0. The number of carbonyl (C=O) groups is 3. The van der Waals surface area contributed by atoms with E-state index < -0.39 is 47.4 Å². The van der Waals surface area contributed by atoms with Crippen molar-refractivity contribution in [3.05, 3.63) is 29.3 Å². The number of anilines is 1. The zero-order chi connectivity index (χ0) is 23.9. The van der Waals surface area contributed by atoms with E-state index in [4.69, 9.17) is 13.8 Å². The number of amides is 2. The number of ether oxygens (including phenoxy) is 1. The van der Waals surface area contributed by atoms with E-state index in [1.54, 1.807) is 30.9 Å². The SMILES string of the molecule is Cc1cc(-c2noc3c(F)c4c(cc23)CC2(C(=O)CC(=O)NC2=O)[C@H]2[C@H](C)O[C@H](C)CN42)no1. The maximum atomic E-state index is 16.0. The molecule has 3 aromatic rings. The van der Waals surface area contributed by atoms with Crippen LogP contribution < -0.4 is 10.2 Å². The third-order valence-corrected chi connectivity index (χ3v) is 7.05. The lowest BCUT2D eigenvalue weighted by molar-refractivity contribution is -0.158.